The lowest BCUT2D eigenvalue weighted by Gasteiger charge is -2.05. The van der Waals surface area contributed by atoms with Gasteiger partial charge in [0, 0.05) is 12.4 Å². The van der Waals surface area contributed by atoms with Gasteiger partial charge in [0.05, 0.1) is 0 Å². The molecule has 1 aromatic heterocycles. The molecule has 1 aromatic rings. The van der Waals surface area contributed by atoms with Gasteiger partial charge in [-0.15, -0.1) is 0 Å². The lowest BCUT2D eigenvalue weighted by atomic mass is 10.00. The van der Waals surface area contributed by atoms with Crippen LogP contribution in [0.2, 0.25) is 0 Å². The van der Waals surface area contributed by atoms with Crippen molar-refractivity contribution in [1.82, 2.24) is 4.98 Å². The van der Waals surface area contributed by atoms with Crippen LogP contribution in [0, 0.1) is 0 Å². The first-order chi connectivity index (χ1) is 12.4. The average Bonchev–Trinajstić information content (AvgIpc) is 3.07. The van der Waals surface area contributed by atoms with E-state index in [1.807, 2.05) is 0 Å². The highest BCUT2D eigenvalue weighted by Crippen LogP contribution is 2.17. The lowest BCUT2D eigenvalue weighted by molar-refractivity contribution is 0.556. The van der Waals surface area contributed by atoms with Crippen LogP contribution in [-0.4, -0.2) is 4.98 Å². The van der Waals surface area contributed by atoms with Crippen molar-refractivity contribution in [3.8, 4) is 0 Å². The zero-order valence-corrected chi connectivity index (χ0v) is 17.4. The molecule has 0 saturated heterocycles. The van der Waals surface area contributed by atoms with Gasteiger partial charge in [0.2, 0.25) is 0 Å². The average molecular weight is 348 g/mol. The Hall–Kier alpha value is -0.720. The molecule has 1 heteroatoms. The van der Waals surface area contributed by atoms with Crippen LogP contribution in [0.3, 0.4) is 0 Å². The van der Waals surface area contributed by atoms with E-state index in [2.05, 4.69) is 31.2 Å². The summed E-state index contributed by atoms with van der Waals surface area (Å²) >= 11 is 0. The Morgan fingerprint density at radius 2 is 0.800 bits per heavy atom. The predicted molar refractivity (Wildman–Crippen MR) is 113 cm³/mol. The van der Waals surface area contributed by atoms with Gasteiger partial charge in [-0.2, -0.15) is 0 Å². The van der Waals surface area contributed by atoms with Crippen LogP contribution in [0.25, 0.3) is 0 Å². The molecule has 0 bridgehead atoms. The van der Waals surface area contributed by atoms with Crippen molar-refractivity contribution in [3.63, 3.8) is 0 Å². The van der Waals surface area contributed by atoms with Gasteiger partial charge >= 0.3 is 0 Å². The Morgan fingerprint density at radius 3 is 1.16 bits per heavy atom. The molecular weight excluding hydrogens is 302 g/mol. The number of nitrogens with one attached hydrogen (secondary N) is 1. The molecule has 1 rings (SSSR count). The Labute approximate surface area is 158 Å². The smallest absolute Gasteiger partial charge is 0.00401 e. The summed E-state index contributed by atoms with van der Waals surface area (Å²) in [5.41, 5.74) is 3.18. The maximum Gasteiger partial charge on any atom is 0.00401 e. The van der Waals surface area contributed by atoms with Crippen LogP contribution in [0.15, 0.2) is 12.4 Å². The van der Waals surface area contributed by atoms with E-state index in [1.165, 1.54) is 116 Å². The van der Waals surface area contributed by atoms with Crippen molar-refractivity contribution in [2.45, 2.75) is 129 Å². The van der Waals surface area contributed by atoms with Crippen LogP contribution in [0.5, 0.6) is 0 Å². The third-order valence-electron chi connectivity index (χ3n) is 5.53. The zero-order valence-electron chi connectivity index (χ0n) is 17.4. The fourth-order valence-electron chi connectivity index (χ4n) is 3.79. The molecule has 0 aliphatic heterocycles. The second-order valence-electron chi connectivity index (χ2n) is 7.96. The summed E-state index contributed by atoms with van der Waals surface area (Å²) in [6.07, 6.45) is 29.7. The van der Waals surface area contributed by atoms with Crippen LogP contribution in [-0.2, 0) is 12.8 Å². The van der Waals surface area contributed by atoms with Gasteiger partial charge in [-0.3, -0.25) is 0 Å². The largest absolute Gasteiger partial charge is 0.367 e. The van der Waals surface area contributed by atoms with E-state index >= 15 is 0 Å². The Kier molecular flexibility index (Phi) is 14.9. The van der Waals surface area contributed by atoms with Crippen molar-refractivity contribution in [2.24, 2.45) is 0 Å². The molecule has 0 aromatic carbocycles. The van der Waals surface area contributed by atoms with E-state index in [-0.39, 0.29) is 0 Å². The van der Waals surface area contributed by atoms with Crippen molar-refractivity contribution >= 4 is 0 Å². The minimum absolute atomic E-state index is 1.28. The fraction of sp³-hybridized carbons (Fsp3) is 0.833. The van der Waals surface area contributed by atoms with Gasteiger partial charge in [0.25, 0.3) is 0 Å². The quantitative estimate of drug-likeness (QED) is 0.257. The maximum absolute atomic E-state index is 3.35. The van der Waals surface area contributed by atoms with Gasteiger partial charge in [-0.1, -0.05) is 104 Å². The van der Waals surface area contributed by atoms with Crippen LogP contribution >= 0.6 is 0 Å². The Morgan fingerprint density at radius 1 is 0.480 bits per heavy atom. The molecule has 0 aliphatic rings. The minimum Gasteiger partial charge on any atom is -0.367 e. The lowest BCUT2D eigenvalue weighted by Crippen LogP contribution is -1.92. The SMILES string of the molecule is CCCCCCCCCCCCc1c[nH]cc1CCCCCCCC. The monoisotopic (exact) mass is 347 g/mol. The van der Waals surface area contributed by atoms with Crippen molar-refractivity contribution < 1.29 is 0 Å². The third kappa shape index (κ3) is 12.3. The van der Waals surface area contributed by atoms with Crippen LogP contribution in [0.1, 0.15) is 128 Å². The number of aryl methyl sites for hydroxylation is 2. The first-order valence-electron chi connectivity index (χ1n) is 11.5. The second-order valence-corrected chi connectivity index (χ2v) is 7.96. The van der Waals surface area contributed by atoms with E-state index < -0.39 is 0 Å². The molecule has 146 valence electrons. The molecule has 0 fully saturated rings. The summed E-state index contributed by atoms with van der Waals surface area (Å²) in [7, 11) is 0. The standard InChI is InChI=1S/C24H45N/c1-3-5-7-9-11-12-13-14-16-18-20-24-22-25-21-23(24)19-17-15-10-8-6-4-2/h21-22,25H,3-20H2,1-2H3. The van der Waals surface area contributed by atoms with Crippen molar-refractivity contribution in [3.05, 3.63) is 23.5 Å². The van der Waals surface area contributed by atoms with E-state index in [9.17, 15) is 0 Å². The molecular formula is C24H45N. The minimum atomic E-state index is 1.28. The predicted octanol–water partition coefficient (Wildman–Crippen LogP) is 8.38. The normalized spacial score (nSPS) is 11.3. The Balaban J connectivity index is 1.98. The zero-order chi connectivity index (χ0) is 18.0. The van der Waals surface area contributed by atoms with Gasteiger partial charge in [-0.25, -0.2) is 0 Å². The van der Waals surface area contributed by atoms with Gasteiger partial charge in [0.1, 0.15) is 0 Å². The summed E-state index contributed by atoms with van der Waals surface area (Å²) in [6.45, 7) is 4.59. The summed E-state index contributed by atoms with van der Waals surface area (Å²) in [5, 5.41) is 0. The number of aromatic nitrogens is 1. The Bertz CT molecular complexity index is 379. The van der Waals surface area contributed by atoms with Crippen molar-refractivity contribution in [2.75, 3.05) is 0 Å². The second kappa shape index (κ2) is 16.7. The van der Waals surface area contributed by atoms with Gasteiger partial charge < -0.3 is 4.98 Å². The summed E-state index contributed by atoms with van der Waals surface area (Å²) in [6, 6.07) is 0. The van der Waals surface area contributed by atoms with E-state index in [0.29, 0.717) is 0 Å². The number of aromatic amines is 1. The van der Waals surface area contributed by atoms with E-state index in [0.717, 1.165) is 0 Å². The molecule has 0 atom stereocenters. The van der Waals surface area contributed by atoms with Gasteiger partial charge in [0.15, 0.2) is 0 Å². The number of H-pyrrole nitrogens is 1. The molecule has 0 saturated carbocycles. The van der Waals surface area contributed by atoms with Gasteiger partial charge in [-0.05, 0) is 36.8 Å². The van der Waals surface area contributed by atoms with Crippen molar-refractivity contribution in [1.29, 1.82) is 0 Å². The number of hydrogen-bond acceptors (Lipinski definition) is 0. The molecule has 1 nitrogen and oxygen atoms in total. The summed E-state index contributed by atoms with van der Waals surface area (Å²) in [5.74, 6) is 0. The van der Waals surface area contributed by atoms with E-state index in [4.69, 9.17) is 0 Å². The highest BCUT2D eigenvalue weighted by atomic mass is 14.6. The molecule has 25 heavy (non-hydrogen) atoms. The molecule has 0 amide bonds. The third-order valence-corrected chi connectivity index (χ3v) is 5.53. The maximum atomic E-state index is 3.35. The highest BCUT2D eigenvalue weighted by Gasteiger charge is 2.03. The molecule has 0 radical (unpaired) electrons. The molecule has 0 unspecified atom stereocenters. The first-order valence-corrected chi connectivity index (χ1v) is 11.5. The summed E-state index contributed by atoms with van der Waals surface area (Å²) in [4.78, 5) is 3.35. The fourth-order valence-corrected chi connectivity index (χ4v) is 3.79. The van der Waals surface area contributed by atoms with Crippen LogP contribution in [0.4, 0.5) is 0 Å². The number of hydrogen-bond donors (Lipinski definition) is 1. The molecule has 0 spiro atoms. The number of unbranched alkanes of at least 4 members (excludes halogenated alkanes) is 14. The van der Waals surface area contributed by atoms with E-state index in [1.54, 1.807) is 11.1 Å². The summed E-state index contributed by atoms with van der Waals surface area (Å²) < 4.78 is 0. The highest BCUT2D eigenvalue weighted by molar-refractivity contribution is 5.23. The number of rotatable bonds is 18. The molecule has 1 heterocycles. The molecule has 1 N–H and O–H groups in total. The first kappa shape index (κ1) is 22.3. The van der Waals surface area contributed by atoms with Crippen LogP contribution < -0.4 is 0 Å². The topological polar surface area (TPSA) is 15.8 Å². The molecule has 0 aliphatic carbocycles.